The van der Waals surface area contributed by atoms with Gasteiger partial charge in [0.05, 0.1) is 46.4 Å². The Morgan fingerprint density at radius 3 is 2.33 bits per heavy atom. The second-order valence-corrected chi connectivity index (χ2v) is 9.86. The minimum Gasteiger partial charge on any atom is -0.466 e. The summed E-state index contributed by atoms with van der Waals surface area (Å²) in [5.41, 5.74) is 0.663. The van der Waals surface area contributed by atoms with E-state index in [1.165, 1.54) is 6.92 Å². The standard InChI is InChI=1S/C29H26ClN5O8/c1-17-24(28(36)42-3)26(22-13-21(34(38)39)14-23(27(22)30)35(40)41)25(18(2)32-17)29(37)43-12-4-5-19-6-8-20(9-7-19)15-33-11-10-31-16-33/h4-11,13-14,16,26,32H,12,15H2,1-3H3/b5-4+. The van der Waals surface area contributed by atoms with E-state index in [4.69, 9.17) is 21.1 Å². The number of hydrogen-bond donors (Lipinski definition) is 1. The maximum Gasteiger partial charge on any atom is 0.337 e. The first-order chi connectivity index (χ1) is 20.5. The Bertz CT molecular complexity index is 1680. The highest BCUT2D eigenvalue weighted by Crippen LogP contribution is 2.45. The summed E-state index contributed by atoms with van der Waals surface area (Å²) >= 11 is 6.39. The van der Waals surface area contributed by atoms with Crippen LogP contribution in [0.15, 0.2) is 83.7 Å². The minimum atomic E-state index is -1.36. The van der Waals surface area contributed by atoms with E-state index in [0.717, 1.165) is 24.3 Å². The Kier molecular flexibility index (Phi) is 9.36. The van der Waals surface area contributed by atoms with Crippen molar-refractivity contribution >= 4 is 41.0 Å². The molecule has 1 aliphatic rings. The molecule has 0 fully saturated rings. The molecule has 222 valence electrons. The number of hydrogen-bond acceptors (Lipinski definition) is 10. The van der Waals surface area contributed by atoms with Gasteiger partial charge in [0.25, 0.3) is 11.4 Å². The Balaban J connectivity index is 1.62. The van der Waals surface area contributed by atoms with Crippen molar-refractivity contribution in [2.45, 2.75) is 26.3 Å². The molecule has 2 aromatic carbocycles. The first-order valence-corrected chi connectivity index (χ1v) is 13.2. The van der Waals surface area contributed by atoms with Crippen molar-refractivity contribution in [3.8, 4) is 0 Å². The quantitative estimate of drug-likeness (QED) is 0.187. The monoisotopic (exact) mass is 607 g/mol. The first kappa shape index (κ1) is 30.7. The number of ether oxygens (including phenoxy) is 2. The third kappa shape index (κ3) is 6.79. The summed E-state index contributed by atoms with van der Waals surface area (Å²) < 4.78 is 12.3. The Morgan fingerprint density at radius 2 is 1.74 bits per heavy atom. The number of nitrogens with one attached hydrogen (secondary N) is 1. The number of imidazole rings is 1. The molecule has 1 aromatic heterocycles. The maximum atomic E-state index is 13.5. The van der Waals surface area contributed by atoms with Gasteiger partial charge in [0, 0.05) is 36.4 Å². The molecule has 3 aromatic rings. The first-order valence-electron chi connectivity index (χ1n) is 12.8. The molecule has 0 bridgehead atoms. The number of nitro benzene ring substituents is 2. The lowest BCUT2D eigenvalue weighted by molar-refractivity contribution is -0.394. The van der Waals surface area contributed by atoms with Crippen LogP contribution in [-0.2, 0) is 25.6 Å². The van der Waals surface area contributed by atoms with Crippen LogP contribution in [0, 0.1) is 20.2 Å². The van der Waals surface area contributed by atoms with Crippen molar-refractivity contribution in [3.05, 3.63) is 126 Å². The molecule has 1 atom stereocenters. The van der Waals surface area contributed by atoms with Crippen LogP contribution in [0.25, 0.3) is 6.08 Å². The minimum absolute atomic E-state index is 0.108. The number of carbonyl (C=O) groups excluding carboxylic acids is 2. The number of benzene rings is 2. The molecular formula is C29H26ClN5O8. The van der Waals surface area contributed by atoms with Crippen LogP contribution >= 0.6 is 11.6 Å². The summed E-state index contributed by atoms with van der Waals surface area (Å²) in [4.78, 5) is 52.0. The number of nitrogens with zero attached hydrogens (tertiary/aromatic N) is 4. The third-order valence-corrected chi connectivity index (χ3v) is 7.11. The fraction of sp³-hybridized carbons (Fsp3) is 0.207. The summed E-state index contributed by atoms with van der Waals surface area (Å²) in [5, 5.41) is 25.8. The number of aromatic nitrogens is 2. The van der Waals surface area contributed by atoms with Crippen LogP contribution in [-0.4, -0.2) is 45.1 Å². The molecule has 0 amide bonds. The second-order valence-electron chi connectivity index (χ2n) is 9.49. The van der Waals surface area contributed by atoms with Crippen molar-refractivity contribution in [2.75, 3.05) is 13.7 Å². The molecule has 1 N–H and O–H groups in total. The molecule has 0 spiro atoms. The van der Waals surface area contributed by atoms with Crippen LogP contribution in [0.4, 0.5) is 11.4 Å². The summed E-state index contributed by atoms with van der Waals surface area (Å²) in [6, 6.07) is 9.45. The molecule has 1 unspecified atom stereocenters. The van der Waals surface area contributed by atoms with Crippen LogP contribution in [0.3, 0.4) is 0 Å². The number of carbonyl (C=O) groups is 2. The predicted molar refractivity (Wildman–Crippen MR) is 156 cm³/mol. The van der Waals surface area contributed by atoms with E-state index in [9.17, 15) is 29.8 Å². The topological polar surface area (TPSA) is 169 Å². The van der Waals surface area contributed by atoms with Crippen LogP contribution in [0.2, 0.25) is 5.02 Å². The molecule has 2 heterocycles. The van der Waals surface area contributed by atoms with Gasteiger partial charge in [-0.05, 0) is 36.6 Å². The zero-order chi connectivity index (χ0) is 31.3. The van der Waals surface area contributed by atoms with Gasteiger partial charge < -0.3 is 19.4 Å². The van der Waals surface area contributed by atoms with Gasteiger partial charge in [-0.2, -0.15) is 0 Å². The number of nitro groups is 2. The Morgan fingerprint density at radius 1 is 1.07 bits per heavy atom. The van der Waals surface area contributed by atoms with E-state index < -0.39 is 44.1 Å². The van der Waals surface area contributed by atoms with E-state index in [2.05, 4.69) is 10.3 Å². The molecule has 0 aliphatic carbocycles. The number of methoxy groups -OCH3 is 1. The van der Waals surface area contributed by atoms with Gasteiger partial charge in [-0.3, -0.25) is 20.2 Å². The van der Waals surface area contributed by atoms with Crippen molar-refractivity contribution in [1.29, 1.82) is 0 Å². The zero-order valence-electron chi connectivity index (χ0n) is 23.3. The zero-order valence-corrected chi connectivity index (χ0v) is 24.0. The molecular weight excluding hydrogens is 582 g/mol. The lowest BCUT2D eigenvalue weighted by atomic mass is 9.80. The largest absolute Gasteiger partial charge is 0.466 e. The number of halogens is 1. The molecule has 1 aliphatic heterocycles. The van der Waals surface area contributed by atoms with Crippen molar-refractivity contribution in [3.63, 3.8) is 0 Å². The van der Waals surface area contributed by atoms with Gasteiger partial charge in [0.15, 0.2) is 0 Å². The predicted octanol–water partition coefficient (Wildman–Crippen LogP) is 5.07. The van der Waals surface area contributed by atoms with Crippen molar-refractivity contribution < 1.29 is 28.9 Å². The molecule has 14 heteroatoms. The van der Waals surface area contributed by atoms with Crippen LogP contribution in [0.5, 0.6) is 0 Å². The fourth-order valence-corrected chi connectivity index (χ4v) is 5.02. The van der Waals surface area contributed by atoms with Gasteiger partial charge in [-0.25, -0.2) is 14.6 Å². The number of dihydropyridines is 1. The SMILES string of the molecule is COC(=O)C1=C(C)NC(C)=C(C(=O)OC/C=C/c2ccc(Cn3ccnc3)cc2)C1c1cc([N+](=O)[O-])cc([N+](=O)[O-])c1Cl. The van der Waals surface area contributed by atoms with Gasteiger partial charge in [0.1, 0.15) is 11.6 Å². The van der Waals surface area contributed by atoms with E-state index >= 15 is 0 Å². The van der Waals surface area contributed by atoms with E-state index in [1.54, 1.807) is 31.6 Å². The van der Waals surface area contributed by atoms with Crippen molar-refractivity contribution in [1.82, 2.24) is 14.9 Å². The highest BCUT2D eigenvalue weighted by molar-refractivity contribution is 6.33. The van der Waals surface area contributed by atoms with Gasteiger partial charge >= 0.3 is 11.9 Å². The highest BCUT2D eigenvalue weighted by atomic mass is 35.5. The Hall–Kier alpha value is -5.30. The van der Waals surface area contributed by atoms with Gasteiger partial charge in [0.2, 0.25) is 0 Å². The van der Waals surface area contributed by atoms with Gasteiger partial charge in [-0.1, -0.05) is 41.9 Å². The highest BCUT2D eigenvalue weighted by Gasteiger charge is 2.41. The van der Waals surface area contributed by atoms with Gasteiger partial charge in [-0.15, -0.1) is 0 Å². The van der Waals surface area contributed by atoms with Crippen LogP contribution in [0.1, 0.15) is 36.5 Å². The number of allylic oxidation sites excluding steroid dienone is 2. The molecule has 43 heavy (non-hydrogen) atoms. The molecule has 0 saturated heterocycles. The summed E-state index contributed by atoms with van der Waals surface area (Å²) in [5.74, 6) is -3.09. The normalized spacial score (nSPS) is 14.9. The van der Waals surface area contributed by atoms with E-state index in [1.807, 2.05) is 35.0 Å². The average Bonchev–Trinajstić information content (AvgIpc) is 3.48. The second kappa shape index (κ2) is 13.1. The van der Waals surface area contributed by atoms with E-state index in [-0.39, 0.29) is 34.7 Å². The smallest absolute Gasteiger partial charge is 0.337 e. The summed E-state index contributed by atoms with van der Waals surface area (Å²) in [6.07, 6.45) is 8.68. The number of non-ortho nitro benzene ring substituents is 1. The number of esters is 2. The van der Waals surface area contributed by atoms with Crippen molar-refractivity contribution in [2.24, 2.45) is 0 Å². The molecule has 13 nitrogen and oxygen atoms in total. The molecule has 4 rings (SSSR count). The lowest BCUT2D eigenvalue weighted by Crippen LogP contribution is -2.32. The number of rotatable bonds is 10. The Labute approximate surface area is 250 Å². The molecule has 0 radical (unpaired) electrons. The summed E-state index contributed by atoms with van der Waals surface area (Å²) in [6.45, 7) is 3.60. The lowest BCUT2D eigenvalue weighted by Gasteiger charge is -2.30. The molecule has 0 saturated carbocycles. The maximum absolute atomic E-state index is 13.5. The van der Waals surface area contributed by atoms with E-state index in [0.29, 0.717) is 12.6 Å². The van der Waals surface area contributed by atoms with Crippen LogP contribution < -0.4 is 5.32 Å². The third-order valence-electron chi connectivity index (χ3n) is 6.70. The fourth-order valence-electron chi connectivity index (χ4n) is 4.73. The average molecular weight is 608 g/mol. The summed E-state index contributed by atoms with van der Waals surface area (Å²) in [7, 11) is 1.12.